The van der Waals surface area contributed by atoms with Crippen molar-refractivity contribution in [1.29, 1.82) is 0 Å². The fraction of sp³-hybridized carbons (Fsp3) is 0. The summed E-state index contributed by atoms with van der Waals surface area (Å²) in [5.41, 5.74) is 10.7. The highest BCUT2D eigenvalue weighted by atomic mass is 16.3. The third-order valence-corrected chi connectivity index (χ3v) is 9.75. The van der Waals surface area contributed by atoms with E-state index in [-0.39, 0.29) is 0 Å². The second-order valence-corrected chi connectivity index (χ2v) is 12.6. The van der Waals surface area contributed by atoms with E-state index < -0.39 is 0 Å². The van der Waals surface area contributed by atoms with Crippen LogP contribution in [-0.4, -0.2) is 4.57 Å². The first-order valence-electron chi connectivity index (χ1n) is 16.7. The molecule has 0 unspecified atom stereocenters. The number of benzene rings is 8. The lowest BCUT2D eigenvalue weighted by Gasteiger charge is -2.26. The summed E-state index contributed by atoms with van der Waals surface area (Å²) in [5, 5.41) is 7.06. The molecule has 2 heterocycles. The molecule has 2 aromatic heterocycles. The van der Waals surface area contributed by atoms with Gasteiger partial charge in [-0.25, -0.2) is 0 Å². The van der Waals surface area contributed by atoms with Gasteiger partial charge in [-0.2, -0.15) is 0 Å². The first-order chi connectivity index (χ1) is 24.3. The highest BCUT2D eigenvalue weighted by Crippen LogP contribution is 2.46. The van der Waals surface area contributed by atoms with E-state index in [4.69, 9.17) is 4.42 Å². The summed E-state index contributed by atoms with van der Waals surface area (Å²) in [5.74, 6) is 0. The van der Waals surface area contributed by atoms with Crippen molar-refractivity contribution in [3.63, 3.8) is 0 Å². The second kappa shape index (κ2) is 11.0. The van der Waals surface area contributed by atoms with E-state index in [2.05, 4.69) is 185 Å². The van der Waals surface area contributed by atoms with Gasteiger partial charge in [0.25, 0.3) is 0 Å². The molecule has 0 amide bonds. The number of nitrogens with zero attached hydrogens (tertiary/aromatic N) is 2. The average molecular weight is 627 g/mol. The van der Waals surface area contributed by atoms with Gasteiger partial charge in [-0.3, -0.25) is 0 Å². The molecule has 0 atom stereocenters. The Labute approximate surface area is 283 Å². The molecule has 10 aromatic rings. The van der Waals surface area contributed by atoms with Crippen LogP contribution in [0.5, 0.6) is 0 Å². The van der Waals surface area contributed by atoms with Gasteiger partial charge >= 0.3 is 0 Å². The van der Waals surface area contributed by atoms with E-state index >= 15 is 0 Å². The molecule has 3 nitrogen and oxygen atoms in total. The van der Waals surface area contributed by atoms with Gasteiger partial charge in [-0.1, -0.05) is 127 Å². The fourth-order valence-electron chi connectivity index (χ4n) is 7.54. The smallest absolute Gasteiger partial charge is 0.160 e. The van der Waals surface area contributed by atoms with Crippen LogP contribution in [0.15, 0.2) is 186 Å². The lowest BCUT2D eigenvalue weighted by atomic mass is 10.0. The first kappa shape index (κ1) is 27.5. The molecule has 0 aliphatic carbocycles. The van der Waals surface area contributed by atoms with Crippen LogP contribution in [-0.2, 0) is 0 Å². The van der Waals surface area contributed by atoms with Gasteiger partial charge < -0.3 is 13.9 Å². The third kappa shape index (κ3) is 4.37. The molecule has 10 rings (SSSR count). The van der Waals surface area contributed by atoms with Gasteiger partial charge in [-0.15, -0.1) is 0 Å². The minimum Gasteiger partial charge on any atom is -0.454 e. The Kier molecular flexibility index (Phi) is 6.18. The molecule has 0 saturated carbocycles. The Morgan fingerprint density at radius 3 is 1.86 bits per heavy atom. The predicted molar refractivity (Wildman–Crippen MR) is 206 cm³/mol. The molecule has 0 N–H and O–H groups in total. The van der Waals surface area contributed by atoms with Crippen molar-refractivity contribution in [3.8, 4) is 16.8 Å². The summed E-state index contributed by atoms with van der Waals surface area (Å²) in [6.45, 7) is 0. The van der Waals surface area contributed by atoms with Crippen molar-refractivity contribution in [2.75, 3.05) is 4.90 Å². The lowest BCUT2D eigenvalue weighted by Crippen LogP contribution is -2.10. The summed E-state index contributed by atoms with van der Waals surface area (Å²) in [6.07, 6.45) is 0. The highest BCUT2D eigenvalue weighted by Gasteiger charge is 2.23. The molecule has 0 saturated heterocycles. The largest absolute Gasteiger partial charge is 0.454 e. The predicted octanol–water partition coefficient (Wildman–Crippen LogP) is 13.0. The number of hydrogen-bond acceptors (Lipinski definition) is 2. The first-order valence-corrected chi connectivity index (χ1v) is 16.7. The number of furan rings is 1. The third-order valence-electron chi connectivity index (χ3n) is 9.75. The molecule has 0 fully saturated rings. The van der Waals surface area contributed by atoms with Gasteiger partial charge in [0.2, 0.25) is 0 Å². The van der Waals surface area contributed by atoms with Gasteiger partial charge in [0, 0.05) is 38.6 Å². The van der Waals surface area contributed by atoms with E-state index in [1.54, 1.807) is 0 Å². The summed E-state index contributed by atoms with van der Waals surface area (Å²) in [6, 6.07) is 64.9. The molecule has 0 bridgehead atoms. The van der Waals surface area contributed by atoms with Crippen LogP contribution in [0.3, 0.4) is 0 Å². The summed E-state index contributed by atoms with van der Waals surface area (Å²) >= 11 is 0. The molecule has 49 heavy (non-hydrogen) atoms. The average Bonchev–Trinajstić information content (AvgIpc) is 3.72. The molecule has 8 aromatic carbocycles. The quantitative estimate of drug-likeness (QED) is 0.190. The Balaban J connectivity index is 1.28. The minimum atomic E-state index is 0.871. The molecular formula is C46H30N2O. The van der Waals surface area contributed by atoms with Crippen LogP contribution in [0, 0.1) is 0 Å². The van der Waals surface area contributed by atoms with E-state index in [9.17, 15) is 0 Å². The summed E-state index contributed by atoms with van der Waals surface area (Å²) in [4.78, 5) is 2.36. The molecular weight excluding hydrogens is 597 g/mol. The van der Waals surface area contributed by atoms with Crippen LogP contribution < -0.4 is 4.90 Å². The number of anilines is 3. The zero-order valence-corrected chi connectivity index (χ0v) is 26.6. The summed E-state index contributed by atoms with van der Waals surface area (Å²) < 4.78 is 9.17. The van der Waals surface area contributed by atoms with Crippen LogP contribution in [0.2, 0.25) is 0 Å². The summed E-state index contributed by atoms with van der Waals surface area (Å²) in [7, 11) is 0. The zero-order chi connectivity index (χ0) is 32.3. The topological polar surface area (TPSA) is 21.3 Å². The van der Waals surface area contributed by atoms with Gasteiger partial charge in [0.15, 0.2) is 5.58 Å². The maximum Gasteiger partial charge on any atom is 0.160 e. The fourth-order valence-corrected chi connectivity index (χ4v) is 7.54. The molecule has 0 aliphatic rings. The van der Waals surface area contributed by atoms with Crippen molar-refractivity contribution < 1.29 is 4.42 Å². The van der Waals surface area contributed by atoms with Crippen LogP contribution in [0.25, 0.3) is 71.3 Å². The Morgan fingerprint density at radius 1 is 0.429 bits per heavy atom. The van der Waals surface area contributed by atoms with Gasteiger partial charge in [0.05, 0.1) is 16.7 Å². The molecule has 0 spiro atoms. The van der Waals surface area contributed by atoms with E-state index in [0.29, 0.717) is 0 Å². The number of fused-ring (bicyclic) bond motifs is 8. The zero-order valence-electron chi connectivity index (χ0n) is 26.6. The van der Waals surface area contributed by atoms with E-state index in [1.807, 2.05) is 6.07 Å². The Hall–Kier alpha value is -6.58. The lowest BCUT2D eigenvalue weighted by molar-refractivity contribution is 0.669. The van der Waals surface area contributed by atoms with Crippen molar-refractivity contribution in [3.05, 3.63) is 182 Å². The second-order valence-electron chi connectivity index (χ2n) is 12.6. The Bertz CT molecular complexity index is 2810. The normalized spacial score (nSPS) is 11.7. The van der Waals surface area contributed by atoms with E-state index in [0.717, 1.165) is 50.2 Å². The molecule has 0 aliphatic heterocycles. The monoisotopic (exact) mass is 626 g/mol. The maximum absolute atomic E-state index is 6.79. The molecule has 3 heteroatoms. The van der Waals surface area contributed by atoms with Crippen LogP contribution >= 0.6 is 0 Å². The van der Waals surface area contributed by atoms with Crippen LogP contribution in [0.4, 0.5) is 17.1 Å². The highest BCUT2D eigenvalue weighted by molar-refractivity contribution is 6.23. The molecule has 0 radical (unpaired) electrons. The molecule has 230 valence electrons. The number of rotatable bonds is 5. The van der Waals surface area contributed by atoms with Crippen molar-refractivity contribution in [2.24, 2.45) is 0 Å². The van der Waals surface area contributed by atoms with Gasteiger partial charge in [-0.05, 0) is 76.5 Å². The maximum atomic E-state index is 6.79. The minimum absolute atomic E-state index is 0.871. The standard InChI is InChI=1S/C46H30N2O/c1-3-13-31(14-4-1)32-23-25-35(26-24-32)47(43-29-33-15-7-8-18-37(33)45-40-20-10-12-22-44(40)49-46(43)45)36-27-28-39-38-19-9-11-21-41(38)48(42(39)30-36)34-16-5-2-6-17-34/h1-30H. The van der Waals surface area contributed by atoms with Crippen LogP contribution in [0.1, 0.15) is 0 Å². The number of aromatic nitrogens is 1. The number of para-hydroxylation sites is 3. The van der Waals surface area contributed by atoms with Crippen molar-refractivity contribution in [1.82, 2.24) is 4.57 Å². The Morgan fingerprint density at radius 2 is 1.04 bits per heavy atom. The van der Waals surface area contributed by atoms with Crippen molar-refractivity contribution in [2.45, 2.75) is 0 Å². The van der Waals surface area contributed by atoms with Crippen molar-refractivity contribution >= 4 is 71.6 Å². The van der Waals surface area contributed by atoms with E-state index in [1.165, 1.54) is 38.2 Å². The van der Waals surface area contributed by atoms with Gasteiger partial charge in [0.1, 0.15) is 5.58 Å². The SMILES string of the molecule is c1ccc(-c2ccc(N(c3ccc4c5ccccc5n(-c5ccccc5)c4c3)c3cc4ccccc4c4c3oc3ccccc34)cc2)cc1. The number of hydrogen-bond donors (Lipinski definition) is 0.